The van der Waals surface area contributed by atoms with Crippen LogP contribution in [0.4, 0.5) is 13.2 Å². The van der Waals surface area contributed by atoms with Crippen LogP contribution in [0.2, 0.25) is 0 Å². The molecule has 0 aromatic carbocycles. The standard InChI is InChI=1S/C11H20F3NO/c1-9-3-5-10(15,7-9)4-2-6-16-8-11(12,13)14/h9H,2-8,15H2,1H3. The molecule has 1 aliphatic carbocycles. The molecule has 0 aliphatic heterocycles. The Kier molecular flexibility index (Phi) is 4.62. The number of nitrogens with two attached hydrogens (primary N) is 1. The fraction of sp³-hybridized carbons (Fsp3) is 1.00. The topological polar surface area (TPSA) is 35.2 Å². The highest BCUT2D eigenvalue weighted by Crippen LogP contribution is 2.35. The van der Waals surface area contributed by atoms with Crippen LogP contribution in [0.1, 0.15) is 39.0 Å². The van der Waals surface area contributed by atoms with Crippen molar-refractivity contribution >= 4 is 0 Å². The molecule has 2 atom stereocenters. The van der Waals surface area contributed by atoms with Gasteiger partial charge in [-0.3, -0.25) is 0 Å². The Morgan fingerprint density at radius 3 is 2.62 bits per heavy atom. The van der Waals surface area contributed by atoms with Crippen molar-refractivity contribution in [3.05, 3.63) is 0 Å². The molecular weight excluding hydrogens is 219 g/mol. The second kappa shape index (κ2) is 5.36. The number of rotatable bonds is 5. The first-order valence-corrected chi connectivity index (χ1v) is 5.74. The van der Waals surface area contributed by atoms with Crippen molar-refractivity contribution in [3.63, 3.8) is 0 Å². The second-order valence-corrected chi connectivity index (χ2v) is 4.98. The SMILES string of the molecule is CC1CCC(N)(CCCOCC(F)(F)F)C1. The highest BCUT2D eigenvalue weighted by Gasteiger charge is 2.33. The van der Waals surface area contributed by atoms with Crippen molar-refractivity contribution in [1.29, 1.82) is 0 Å². The lowest BCUT2D eigenvalue weighted by atomic mass is 9.92. The van der Waals surface area contributed by atoms with E-state index in [0.29, 0.717) is 12.3 Å². The van der Waals surface area contributed by atoms with E-state index in [1.807, 2.05) is 0 Å². The molecule has 0 aromatic heterocycles. The van der Waals surface area contributed by atoms with E-state index in [1.54, 1.807) is 0 Å². The molecule has 2 unspecified atom stereocenters. The van der Waals surface area contributed by atoms with E-state index in [-0.39, 0.29) is 12.1 Å². The summed E-state index contributed by atoms with van der Waals surface area (Å²) in [6.45, 7) is 1.16. The molecule has 2 nitrogen and oxygen atoms in total. The third-order valence-corrected chi connectivity index (χ3v) is 3.12. The Balaban J connectivity index is 2.07. The molecule has 0 heterocycles. The summed E-state index contributed by atoms with van der Waals surface area (Å²) in [5.74, 6) is 0.640. The largest absolute Gasteiger partial charge is 0.411 e. The summed E-state index contributed by atoms with van der Waals surface area (Å²) in [5, 5.41) is 0. The molecule has 1 fully saturated rings. The number of hydrogen-bond donors (Lipinski definition) is 1. The summed E-state index contributed by atoms with van der Waals surface area (Å²) in [5.41, 5.74) is 5.97. The van der Waals surface area contributed by atoms with Gasteiger partial charge >= 0.3 is 6.18 Å². The van der Waals surface area contributed by atoms with Crippen molar-refractivity contribution in [2.24, 2.45) is 11.7 Å². The molecule has 5 heteroatoms. The molecule has 1 saturated carbocycles. The quantitative estimate of drug-likeness (QED) is 0.749. The number of alkyl halides is 3. The van der Waals surface area contributed by atoms with Crippen molar-refractivity contribution < 1.29 is 17.9 Å². The number of hydrogen-bond acceptors (Lipinski definition) is 2. The van der Waals surface area contributed by atoms with Crippen LogP contribution in [-0.4, -0.2) is 24.9 Å². The number of ether oxygens (including phenoxy) is 1. The molecule has 0 bridgehead atoms. The van der Waals surface area contributed by atoms with Crippen molar-refractivity contribution in [1.82, 2.24) is 0 Å². The predicted molar refractivity (Wildman–Crippen MR) is 56.0 cm³/mol. The molecule has 16 heavy (non-hydrogen) atoms. The fourth-order valence-corrected chi connectivity index (χ4v) is 2.37. The second-order valence-electron chi connectivity index (χ2n) is 4.98. The first-order chi connectivity index (χ1) is 7.31. The Labute approximate surface area is 94.3 Å². The molecule has 1 rings (SSSR count). The lowest BCUT2D eigenvalue weighted by molar-refractivity contribution is -0.174. The van der Waals surface area contributed by atoms with Gasteiger partial charge in [-0.15, -0.1) is 0 Å². The van der Waals surface area contributed by atoms with Gasteiger partial charge in [0.05, 0.1) is 0 Å². The summed E-state index contributed by atoms with van der Waals surface area (Å²) < 4.78 is 39.8. The van der Waals surface area contributed by atoms with Gasteiger partial charge in [-0.05, 0) is 38.0 Å². The molecule has 0 saturated heterocycles. The van der Waals surface area contributed by atoms with Gasteiger partial charge in [0, 0.05) is 12.1 Å². The molecule has 1 aliphatic rings. The van der Waals surface area contributed by atoms with Gasteiger partial charge in [0.25, 0.3) is 0 Å². The Bertz CT molecular complexity index is 220. The van der Waals surface area contributed by atoms with Crippen molar-refractivity contribution in [2.45, 2.75) is 50.7 Å². The molecule has 0 amide bonds. The Morgan fingerprint density at radius 2 is 2.12 bits per heavy atom. The van der Waals surface area contributed by atoms with Gasteiger partial charge < -0.3 is 10.5 Å². The molecule has 96 valence electrons. The first kappa shape index (κ1) is 13.8. The van der Waals surface area contributed by atoms with E-state index in [0.717, 1.165) is 25.7 Å². The van der Waals surface area contributed by atoms with Crippen molar-refractivity contribution in [3.8, 4) is 0 Å². The van der Waals surface area contributed by atoms with Crippen LogP contribution in [-0.2, 0) is 4.74 Å². The summed E-state index contributed by atoms with van der Waals surface area (Å²) in [6, 6.07) is 0. The average Bonchev–Trinajstić information content (AvgIpc) is 2.44. The molecule has 0 radical (unpaired) electrons. The van der Waals surface area contributed by atoms with E-state index in [4.69, 9.17) is 5.73 Å². The highest BCUT2D eigenvalue weighted by atomic mass is 19.4. The zero-order valence-electron chi connectivity index (χ0n) is 9.65. The van der Waals surface area contributed by atoms with Gasteiger partial charge in [0.15, 0.2) is 0 Å². The monoisotopic (exact) mass is 239 g/mol. The lowest BCUT2D eigenvalue weighted by Gasteiger charge is -2.23. The van der Waals surface area contributed by atoms with Gasteiger partial charge in [-0.2, -0.15) is 13.2 Å². The minimum atomic E-state index is -4.22. The zero-order valence-corrected chi connectivity index (χ0v) is 9.65. The molecule has 0 spiro atoms. The number of halogens is 3. The van der Waals surface area contributed by atoms with Crippen molar-refractivity contribution in [2.75, 3.05) is 13.2 Å². The average molecular weight is 239 g/mol. The Morgan fingerprint density at radius 1 is 1.44 bits per heavy atom. The lowest BCUT2D eigenvalue weighted by Crippen LogP contribution is -2.37. The van der Waals surface area contributed by atoms with Crippen LogP contribution in [0, 0.1) is 5.92 Å². The maximum Gasteiger partial charge on any atom is 0.411 e. The van der Waals surface area contributed by atoms with E-state index in [9.17, 15) is 13.2 Å². The summed E-state index contributed by atoms with van der Waals surface area (Å²) in [7, 11) is 0. The third kappa shape index (κ3) is 5.16. The van der Waals surface area contributed by atoms with Gasteiger partial charge in [0.1, 0.15) is 6.61 Å². The third-order valence-electron chi connectivity index (χ3n) is 3.12. The highest BCUT2D eigenvalue weighted by molar-refractivity contribution is 4.91. The maximum atomic E-state index is 11.8. The fourth-order valence-electron chi connectivity index (χ4n) is 2.37. The van der Waals surface area contributed by atoms with E-state index in [1.165, 1.54) is 0 Å². The van der Waals surface area contributed by atoms with Crippen LogP contribution in [0.3, 0.4) is 0 Å². The van der Waals surface area contributed by atoms with Gasteiger partial charge in [-0.1, -0.05) is 6.92 Å². The smallest absolute Gasteiger partial charge is 0.372 e. The van der Waals surface area contributed by atoms with Crippen LogP contribution >= 0.6 is 0 Å². The van der Waals surface area contributed by atoms with E-state index in [2.05, 4.69) is 11.7 Å². The minimum absolute atomic E-state index is 0.146. The van der Waals surface area contributed by atoms with Gasteiger partial charge in [-0.25, -0.2) is 0 Å². The normalized spacial score (nSPS) is 30.9. The van der Waals surface area contributed by atoms with Gasteiger partial charge in [0.2, 0.25) is 0 Å². The zero-order chi connectivity index (χ0) is 12.2. The summed E-state index contributed by atoms with van der Waals surface area (Å²) in [6.07, 6.45) is 0.233. The van der Waals surface area contributed by atoms with E-state index < -0.39 is 12.8 Å². The molecule has 0 aromatic rings. The van der Waals surface area contributed by atoms with Crippen LogP contribution < -0.4 is 5.73 Å². The predicted octanol–water partition coefficient (Wildman–Crippen LogP) is 2.86. The molecular formula is C11H20F3NO. The molecule has 2 N–H and O–H groups in total. The first-order valence-electron chi connectivity index (χ1n) is 5.74. The van der Waals surface area contributed by atoms with Crippen LogP contribution in [0.5, 0.6) is 0 Å². The Hall–Kier alpha value is -0.290. The maximum absolute atomic E-state index is 11.8. The minimum Gasteiger partial charge on any atom is -0.372 e. The summed E-state index contributed by atoms with van der Waals surface area (Å²) >= 11 is 0. The van der Waals surface area contributed by atoms with Crippen LogP contribution in [0.25, 0.3) is 0 Å². The van der Waals surface area contributed by atoms with E-state index >= 15 is 0 Å². The summed E-state index contributed by atoms with van der Waals surface area (Å²) in [4.78, 5) is 0. The van der Waals surface area contributed by atoms with Crippen LogP contribution in [0.15, 0.2) is 0 Å².